The monoisotopic (exact) mass is 322 g/mol. The summed E-state index contributed by atoms with van der Waals surface area (Å²) in [5.74, 6) is 0. The Bertz CT molecular complexity index is 681. The fraction of sp³-hybridized carbons (Fsp3) is 0.381. The highest BCUT2D eigenvalue weighted by molar-refractivity contribution is 5.74. The molecule has 1 aliphatic rings. The van der Waals surface area contributed by atoms with Crippen molar-refractivity contribution in [2.24, 2.45) is 0 Å². The summed E-state index contributed by atoms with van der Waals surface area (Å²) in [6.07, 6.45) is 5.82. The third-order valence-electron chi connectivity index (χ3n) is 4.78. The molecule has 24 heavy (non-hydrogen) atoms. The van der Waals surface area contributed by atoms with Gasteiger partial charge in [-0.05, 0) is 54.4 Å². The van der Waals surface area contributed by atoms with Crippen molar-refractivity contribution in [3.05, 3.63) is 70.8 Å². The van der Waals surface area contributed by atoms with Crippen LogP contribution in [0, 0.1) is 0 Å². The highest BCUT2D eigenvalue weighted by atomic mass is 16.2. The fourth-order valence-corrected chi connectivity index (χ4v) is 3.38. The molecule has 2 aromatic rings. The zero-order valence-corrected chi connectivity index (χ0v) is 14.3. The molecule has 0 bridgehead atoms. The summed E-state index contributed by atoms with van der Waals surface area (Å²) in [6, 6.07) is 16.6. The summed E-state index contributed by atoms with van der Waals surface area (Å²) >= 11 is 0. The Hall–Kier alpha value is -2.29. The van der Waals surface area contributed by atoms with Gasteiger partial charge in [-0.25, -0.2) is 4.79 Å². The molecule has 0 saturated heterocycles. The van der Waals surface area contributed by atoms with Crippen molar-refractivity contribution in [2.75, 3.05) is 0 Å². The smallest absolute Gasteiger partial charge is 0.315 e. The number of aryl methyl sites for hydroxylation is 2. The van der Waals surface area contributed by atoms with Gasteiger partial charge in [0.15, 0.2) is 0 Å². The van der Waals surface area contributed by atoms with E-state index in [2.05, 4.69) is 35.8 Å². The molecule has 2 aromatic carbocycles. The van der Waals surface area contributed by atoms with Crippen LogP contribution in [0.4, 0.5) is 4.79 Å². The molecular weight excluding hydrogens is 296 g/mol. The van der Waals surface area contributed by atoms with Crippen LogP contribution in [0.25, 0.3) is 0 Å². The van der Waals surface area contributed by atoms with E-state index in [-0.39, 0.29) is 12.1 Å². The lowest BCUT2D eigenvalue weighted by atomic mass is 9.89. The Kier molecular flexibility index (Phi) is 5.52. The number of hydrogen-bond donors (Lipinski definition) is 2. The number of carbonyl (C=O) groups excluding carboxylic acids is 1. The minimum Gasteiger partial charge on any atom is -0.334 e. The number of hydrogen-bond acceptors (Lipinski definition) is 1. The van der Waals surface area contributed by atoms with Crippen molar-refractivity contribution in [3.63, 3.8) is 0 Å². The molecule has 1 unspecified atom stereocenters. The molecule has 3 nitrogen and oxygen atoms in total. The van der Waals surface area contributed by atoms with E-state index in [0.29, 0.717) is 6.54 Å². The van der Waals surface area contributed by atoms with Gasteiger partial charge in [-0.2, -0.15) is 0 Å². The van der Waals surface area contributed by atoms with Crippen LogP contribution >= 0.6 is 0 Å². The van der Waals surface area contributed by atoms with Crippen molar-refractivity contribution >= 4 is 6.03 Å². The van der Waals surface area contributed by atoms with Crippen LogP contribution in [0.1, 0.15) is 54.5 Å². The molecule has 1 atom stereocenters. The summed E-state index contributed by atoms with van der Waals surface area (Å²) in [5.41, 5.74) is 5.26. The number of amides is 2. The van der Waals surface area contributed by atoms with Gasteiger partial charge >= 0.3 is 6.03 Å². The second-order valence-electron chi connectivity index (χ2n) is 6.51. The molecule has 126 valence electrons. The lowest BCUT2D eigenvalue weighted by molar-refractivity contribution is 0.236. The van der Waals surface area contributed by atoms with Gasteiger partial charge in [0.05, 0.1) is 6.04 Å². The van der Waals surface area contributed by atoms with E-state index in [0.717, 1.165) is 12.0 Å². The van der Waals surface area contributed by atoms with E-state index >= 15 is 0 Å². The van der Waals surface area contributed by atoms with Crippen LogP contribution in [0.5, 0.6) is 0 Å². The molecule has 2 N–H and O–H groups in total. The van der Waals surface area contributed by atoms with Crippen molar-refractivity contribution < 1.29 is 4.79 Å². The van der Waals surface area contributed by atoms with Crippen LogP contribution in [0.2, 0.25) is 0 Å². The van der Waals surface area contributed by atoms with Gasteiger partial charge in [0, 0.05) is 6.54 Å². The zero-order chi connectivity index (χ0) is 16.8. The maximum absolute atomic E-state index is 12.2. The Labute approximate surface area is 144 Å². The first-order valence-electron chi connectivity index (χ1n) is 8.96. The van der Waals surface area contributed by atoms with Crippen LogP contribution in [0.3, 0.4) is 0 Å². The number of carbonyl (C=O) groups is 1. The zero-order valence-electron chi connectivity index (χ0n) is 14.3. The topological polar surface area (TPSA) is 41.1 Å². The first kappa shape index (κ1) is 16.6. The molecule has 0 aromatic heterocycles. The highest BCUT2D eigenvalue weighted by Gasteiger charge is 2.16. The van der Waals surface area contributed by atoms with Crippen molar-refractivity contribution in [1.29, 1.82) is 0 Å². The van der Waals surface area contributed by atoms with Gasteiger partial charge in [-0.1, -0.05) is 55.5 Å². The summed E-state index contributed by atoms with van der Waals surface area (Å²) in [4.78, 5) is 12.2. The molecule has 1 aliphatic carbocycles. The largest absolute Gasteiger partial charge is 0.334 e. The first-order valence-corrected chi connectivity index (χ1v) is 8.96. The van der Waals surface area contributed by atoms with Crippen LogP contribution in [-0.4, -0.2) is 6.03 Å². The Balaban J connectivity index is 1.60. The standard InChI is InChI=1S/C21H26N2O/c1-2-20(19-13-12-17-10-6-7-11-18(17)14-19)23-21(24)22-15-16-8-4-3-5-9-16/h3-5,8-9,12-14,20H,2,6-7,10-11,15H2,1H3,(H2,22,23,24). The summed E-state index contributed by atoms with van der Waals surface area (Å²) in [6.45, 7) is 2.66. The molecule has 3 rings (SSSR count). The predicted molar refractivity (Wildman–Crippen MR) is 97.9 cm³/mol. The number of urea groups is 1. The molecule has 0 heterocycles. The number of fused-ring (bicyclic) bond motifs is 1. The summed E-state index contributed by atoms with van der Waals surface area (Å²) in [5, 5.41) is 6.06. The average molecular weight is 322 g/mol. The average Bonchev–Trinajstić information content (AvgIpc) is 2.65. The van der Waals surface area contributed by atoms with Gasteiger partial charge in [0.1, 0.15) is 0 Å². The molecule has 2 amide bonds. The van der Waals surface area contributed by atoms with E-state index in [1.807, 2.05) is 30.3 Å². The SMILES string of the molecule is CCC(NC(=O)NCc1ccccc1)c1ccc2c(c1)CCCC2. The van der Waals surface area contributed by atoms with E-state index in [1.54, 1.807) is 0 Å². The molecular formula is C21H26N2O. The maximum Gasteiger partial charge on any atom is 0.315 e. The highest BCUT2D eigenvalue weighted by Crippen LogP contribution is 2.26. The predicted octanol–water partition coefficient (Wildman–Crippen LogP) is 4.52. The van der Waals surface area contributed by atoms with E-state index < -0.39 is 0 Å². The normalized spacial score (nSPS) is 14.5. The Morgan fingerprint density at radius 2 is 1.79 bits per heavy atom. The number of nitrogens with one attached hydrogen (secondary N) is 2. The van der Waals surface area contributed by atoms with E-state index in [1.165, 1.54) is 42.4 Å². The van der Waals surface area contributed by atoms with Crippen molar-refractivity contribution in [2.45, 2.75) is 51.6 Å². The molecule has 0 fully saturated rings. The van der Waals surface area contributed by atoms with Gasteiger partial charge in [0.2, 0.25) is 0 Å². The third-order valence-corrected chi connectivity index (χ3v) is 4.78. The van der Waals surface area contributed by atoms with E-state index in [4.69, 9.17) is 0 Å². The lowest BCUT2D eigenvalue weighted by Crippen LogP contribution is -2.37. The minimum atomic E-state index is -0.108. The lowest BCUT2D eigenvalue weighted by Gasteiger charge is -2.22. The summed E-state index contributed by atoms with van der Waals surface area (Å²) < 4.78 is 0. The molecule has 0 saturated carbocycles. The van der Waals surface area contributed by atoms with Crippen LogP contribution in [0.15, 0.2) is 48.5 Å². The van der Waals surface area contributed by atoms with Gasteiger partial charge in [0.25, 0.3) is 0 Å². The second kappa shape index (κ2) is 8.00. The number of rotatable bonds is 5. The quantitative estimate of drug-likeness (QED) is 0.835. The van der Waals surface area contributed by atoms with E-state index in [9.17, 15) is 4.79 Å². The molecule has 0 radical (unpaired) electrons. The molecule has 0 spiro atoms. The van der Waals surface area contributed by atoms with Gasteiger partial charge in [-0.15, -0.1) is 0 Å². The summed E-state index contributed by atoms with van der Waals surface area (Å²) in [7, 11) is 0. The molecule has 0 aliphatic heterocycles. The van der Waals surface area contributed by atoms with Crippen molar-refractivity contribution in [1.82, 2.24) is 10.6 Å². The number of benzene rings is 2. The third kappa shape index (κ3) is 4.16. The first-order chi connectivity index (χ1) is 11.8. The fourth-order valence-electron chi connectivity index (χ4n) is 3.38. The van der Waals surface area contributed by atoms with Crippen LogP contribution < -0.4 is 10.6 Å². The molecule has 3 heteroatoms. The van der Waals surface area contributed by atoms with Crippen LogP contribution in [-0.2, 0) is 19.4 Å². The second-order valence-corrected chi connectivity index (χ2v) is 6.51. The van der Waals surface area contributed by atoms with Gasteiger partial charge in [-0.3, -0.25) is 0 Å². The van der Waals surface area contributed by atoms with Crippen molar-refractivity contribution in [3.8, 4) is 0 Å². The van der Waals surface area contributed by atoms with Gasteiger partial charge < -0.3 is 10.6 Å². The maximum atomic E-state index is 12.2. The Morgan fingerprint density at radius 3 is 2.54 bits per heavy atom. The Morgan fingerprint density at radius 1 is 1.04 bits per heavy atom. The minimum absolute atomic E-state index is 0.0630.